The molecule has 0 aliphatic carbocycles. The van der Waals surface area contributed by atoms with Crippen molar-refractivity contribution >= 4 is 39.3 Å². The fraction of sp³-hybridized carbons (Fsp3) is 0.226. The van der Waals surface area contributed by atoms with Gasteiger partial charge >= 0.3 is 5.97 Å². The summed E-state index contributed by atoms with van der Waals surface area (Å²) in [6, 6.07) is 8.58. The molecule has 3 N–H and O–H groups in total. The maximum Gasteiger partial charge on any atom is 0.303 e. The Balaban J connectivity index is 1.38. The predicted octanol–water partition coefficient (Wildman–Crippen LogP) is 7.26. The second-order valence-corrected chi connectivity index (χ2v) is 12.4. The fourth-order valence-electron chi connectivity index (χ4n) is 5.58. The Kier molecular flexibility index (Phi) is 7.66. The van der Waals surface area contributed by atoms with Crippen LogP contribution in [0.2, 0.25) is 5.02 Å². The van der Waals surface area contributed by atoms with Crippen LogP contribution in [-0.2, 0) is 27.4 Å². The number of benzene rings is 3. The van der Waals surface area contributed by atoms with Gasteiger partial charge in [-0.15, -0.1) is 0 Å². The molecule has 0 spiro atoms. The number of H-pyrrole nitrogens is 2. The standard InChI is InChI=1S/C31H25ClF3N3O5S/c1-31(8-10-42-27-15(3-6-23(39)40)11-16(32)12-20(27)31)22-14-37-30(38-22)19-13-17(4-5-21(19)33)43-28-25(35)24(34)26-18(7-9-36-26)29(28)44(2)41/h4-5,7,9,11-14,36H,3,6,8,10H2,1-2H3,(H,37,38)(H,39,40)/t31-,44+/m0/s1. The van der Waals surface area contributed by atoms with E-state index in [1.165, 1.54) is 30.7 Å². The zero-order valence-electron chi connectivity index (χ0n) is 23.4. The van der Waals surface area contributed by atoms with Crippen molar-refractivity contribution in [2.75, 3.05) is 12.9 Å². The molecule has 228 valence electrons. The molecule has 13 heteroatoms. The minimum atomic E-state index is -1.75. The fourth-order valence-corrected chi connectivity index (χ4v) is 6.70. The van der Waals surface area contributed by atoms with E-state index in [0.29, 0.717) is 35.1 Å². The third kappa shape index (κ3) is 5.11. The normalized spacial score (nSPS) is 16.9. The molecule has 1 aliphatic heterocycles. The maximum atomic E-state index is 15.2. The van der Waals surface area contributed by atoms with Crippen LogP contribution in [0.1, 0.15) is 36.6 Å². The highest BCUT2D eigenvalue weighted by molar-refractivity contribution is 7.84. The summed E-state index contributed by atoms with van der Waals surface area (Å²) in [6.45, 7) is 2.30. The van der Waals surface area contributed by atoms with Gasteiger partial charge < -0.3 is 24.5 Å². The van der Waals surface area contributed by atoms with Gasteiger partial charge in [0.25, 0.3) is 0 Å². The van der Waals surface area contributed by atoms with Gasteiger partial charge in [0.15, 0.2) is 11.6 Å². The van der Waals surface area contributed by atoms with E-state index >= 15 is 8.78 Å². The Morgan fingerprint density at radius 3 is 2.75 bits per heavy atom. The molecule has 5 aromatic rings. The molecule has 1 aliphatic rings. The molecule has 0 bridgehead atoms. The van der Waals surface area contributed by atoms with E-state index in [2.05, 4.69) is 15.0 Å². The van der Waals surface area contributed by atoms with Crippen molar-refractivity contribution in [3.63, 3.8) is 0 Å². The van der Waals surface area contributed by atoms with E-state index in [9.17, 15) is 18.5 Å². The molecule has 44 heavy (non-hydrogen) atoms. The summed E-state index contributed by atoms with van der Waals surface area (Å²) in [6.07, 6.45) is 4.96. The number of nitrogens with zero attached hydrogens (tertiary/aromatic N) is 1. The topological polar surface area (TPSA) is 117 Å². The number of carboxylic acids is 1. The average molecular weight is 644 g/mol. The first kappa shape index (κ1) is 29.8. The number of aryl methyl sites for hydroxylation is 1. The van der Waals surface area contributed by atoms with Gasteiger partial charge in [-0.25, -0.2) is 13.8 Å². The quantitative estimate of drug-likeness (QED) is 0.164. The Morgan fingerprint density at radius 2 is 2.00 bits per heavy atom. The molecule has 0 fully saturated rings. The van der Waals surface area contributed by atoms with Crippen LogP contribution < -0.4 is 9.47 Å². The lowest BCUT2D eigenvalue weighted by Crippen LogP contribution is -2.32. The smallest absolute Gasteiger partial charge is 0.303 e. The van der Waals surface area contributed by atoms with Gasteiger partial charge in [-0.1, -0.05) is 11.6 Å². The first-order valence-corrected chi connectivity index (χ1v) is 15.4. The Labute approximate surface area is 256 Å². The van der Waals surface area contributed by atoms with Crippen molar-refractivity contribution in [3.8, 4) is 28.6 Å². The van der Waals surface area contributed by atoms with Gasteiger partial charge in [0.1, 0.15) is 23.1 Å². The highest BCUT2D eigenvalue weighted by Crippen LogP contribution is 2.46. The van der Waals surface area contributed by atoms with Crippen LogP contribution in [0.15, 0.2) is 53.7 Å². The number of fused-ring (bicyclic) bond motifs is 2. The molecule has 2 aromatic heterocycles. The predicted molar refractivity (Wildman–Crippen MR) is 159 cm³/mol. The zero-order chi connectivity index (χ0) is 31.3. The third-order valence-corrected chi connectivity index (χ3v) is 9.06. The van der Waals surface area contributed by atoms with Gasteiger partial charge in [0.05, 0.1) is 33.4 Å². The first-order valence-electron chi connectivity index (χ1n) is 13.5. The van der Waals surface area contributed by atoms with Crippen molar-refractivity contribution in [1.29, 1.82) is 0 Å². The number of aliphatic carboxylic acids is 1. The molecule has 2 atom stereocenters. The lowest BCUT2D eigenvalue weighted by atomic mass is 9.74. The van der Waals surface area contributed by atoms with Crippen molar-refractivity contribution < 1.29 is 36.8 Å². The van der Waals surface area contributed by atoms with E-state index in [1.807, 2.05) is 6.92 Å². The number of hydrogen-bond acceptors (Lipinski definition) is 5. The van der Waals surface area contributed by atoms with Crippen LogP contribution in [0.5, 0.6) is 17.2 Å². The average Bonchev–Trinajstić information content (AvgIpc) is 3.67. The molecule has 8 nitrogen and oxygen atoms in total. The van der Waals surface area contributed by atoms with Gasteiger partial charge in [-0.3, -0.25) is 9.00 Å². The molecule has 3 heterocycles. The van der Waals surface area contributed by atoms with E-state index in [0.717, 1.165) is 11.6 Å². The van der Waals surface area contributed by atoms with Gasteiger partial charge in [0.2, 0.25) is 5.82 Å². The number of aromatic amines is 2. The minimum Gasteiger partial charge on any atom is -0.493 e. The van der Waals surface area contributed by atoms with Crippen LogP contribution in [0, 0.1) is 17.5 Å². The molecular weight excluding hydrogens is 619 g/mol. The highest BCUT2D eigenvalue weighted by Gasteiger charge is 2.38. The Morgan fingerprint density at radius 1 is 1.20 bits per heavy atom. The summed E-state index contributed by atoms with van der Waals surface area (Å²) in [5, 5.41) is 9.81. The zero-order valence-corrected chi connectivity index (χ0v) is 25.0. The molecule has 0 saturated carbocycles. The third-order valence-electron chi connectivity index (χ3n) is 7.86. The molecule has 0 saturated heterocycles. The molecule has 0 unspecified atom stereocenters. The number of carboxylic acid groups (broad SMARTS) is 1. The summed E-state index contributed by atoms with van der Waals surface area (Å²) in [5.74, 6) is -4.00. The monoisotopic (exact) mass is 643 g/mol. The SMILES string of the molecule is C[S@@](=O)c1c(Oc2ccc(F)c(-c3ncc([C@@]4(C)CCOc5c(CCC(=O)O)cc(Cl)cc54)[nH]3)c2)c(F)c(F)c2[nH]ccc12. The van der Waals surface area contributed by atoms with Gasteiger partial charge in [-0.2, -0.15) is 4.39 Å². The van der Waals surface area contributed by atoms with Crippen molar-refractivity contribution in [3.05, 3.63) is 88.1 Å². The van der Waals surface area contributed by atoms with Crippen LogP contribution in [-0.4, -0.2) is 43.1 Å². The number of halogens is 4. The number of nitrogens with one attached hydrogen (secondary N) is 2. The number of aromatic nitrogens is 3. The highest BCUT2D eigenvalue weighted by atomic mass is 35.5. The van der Waals surface area contributed by atoms with Crippen molar-refractivity contribution in [2.24, 2.45) is 0 Å². The van der Waals surface area contributed by atoms with E-state index in [1.54, 1.807) is 18.3 Å². The second kappa shape index (κ2) is 11.3. The lowest BCUT2D eigenvalue weighted by molar-refractivity contribution is -0.136. The molecular formula is C31H25ClF3N3O5S. The van der Waals surface area contributed by atoms with Crippen molar-refractivity contribution in [2.45, 2.75) is 36.5 Å². The number of rotatable bonds is 8. The summed E-state index contributed by atoms with van der Waals surface area (Å²) in [7, 11) is -1.75. The minimum absolute atomic E-state index is 0.000600. The summed E-state index contributed by atoms with van der Waals surface area (Å²) < 4.78 is 69.4. The summed E-state index contributed by atoms with van der Waals surface area (Å²) in [5.41, 5.74) is 1.21. The molecule has 0 radical (unpaired) electrons. The number of hydrogen-bond donors (Lipinski definition) is 3. The van der Waals surface area contributed by atoms with Crippen LogP contribution in [0.3, 0.4) is 0 Å². The summed E-state index contributed by atoms with van der Waals surface area (Å²) >= 11 is 6.43. The van der Waals surface area contributed by atoms with Crippen molar-refractivity contribution in [1.82, 2.24) is 15.0 Å². The van der Waals surface area contributed by atoms with E-state index in [-0.39, 0.29) is 45.8 Å². The number of imidazole rings is 1. The van der Waals surface area contributed by atoms with E-state index in [4.69, 9.17) is 21.1 Å². The molecule has 0 amide bonds. The second-order valence-electron chi connectivity index (χ2n) is 10.7. The Hall–Kier alpha value is -4.29. The molecule has 3 aromatic carbocycles. The van der Waals surface area contributed by atoms with Gasteiger partial charge in [0, 0.05) is 52.2 Å². The number of ether oxygens (including phenoxy) is 2. The maximum absolute atomic E-state index is 15.2. The van der Waals surface area contributed by atoms with Crippen LogP contribution in [0.4, 0.5) is 13.2 Å². The first-order chi connectivity index (χ1) is 21.0. The van der Waals surface area contributed by atoms with Crippen LogP contribution in [0.25, 0.3) is 22.3 Å². The summed E-state index contributed by atoms with van der Waals surface area (Å²) in [4.78, 5) is 21.4. The number of carbonyl (C=O) groups is 1. The largest absolute Gasteiger partial charge is 0.493 e. The Bertz CT molecular complexity index is 1980. The van der Waals surface area contributed by atoms with Crippen LogP contribution >= 0.6 is 11.6 Å². The van der Waals surface area contributed by atoms with E-state index < -0.39 is 45.4 Å². The molecule has 6 rings (SSSR count). The lowest BCUT2D eigenvalue weighted by Gasteiger charge is -2.36. The van der Waals surface area contributed by atoms with Gasteiger partial charge in [-0.05, 0) is 61.7 Å².